The van der Waals surface area contributed by atoms with Gasteiger partial charge in [-0.3, -0.25) is 9.59 Å². The number of carbonyl (C=O) groups is 2. The van der Waals surface area contributed by atoms with Crippen LogP contribution in [0.4, 0.5) is 5.95 Å². The molecule has 3 aromatic rings. The van der Waals surface area contributed by atoms with E-state index in [4.69, 9.17) is 21.1 Å². The van der Waals surface area contributed by atoms with Gasteiger partial charge in [0, 0.05) is 36.4 Å². The average molecular weight is 567 g/mol. The second-order valence-electron chi connectivity index (χ2n) is 9.74. The van der Waals surface area contributed by atoms with Crippen molar-refractivity contribution >= 4 is 29.4 Å². The molecule has 40 heavy (non-hydrogen) atoms. The summed E-state index contributed by atoms with van der Waals surface area (Å²) in [4.78, 5) is 41.1. The Kier molecular flexibility index (Phi) is 8.43. The maximum absolute atomic E-state index is 13.4. The van der Waals surface area contributed by atoms with Gasteiger partial charge in [0.2, 0.25) is 17.7 Å². The maximum atomic E-state index is 13.4. The summed E-state index contributed by atoms with van der Waals surface area (Å²) in [6.07, 6.45) is 3.28. The summed E-state index contributed by atoms with van der Waals surface area (Å²) >= 11 is 6.46. The smallest absolute Gasteiger partial charge is 0.255 e. The standard InChI is InChI=1S/C28H31ClN6O5/c1-16-19-7-6-17(26-21(29)13-30-28(34-26)31-18-8-10-40-11-9-18)12-20(19)27(38)35(16)14-24(37)32-23(15-36)22-4-3-5-25(33-22)39-2/h3-7,12-13,16,18,23,36H,8-11,14-15H2,1-2H3,(H,32,37)(H,30,31,34)/t16-,23-/m1/s1. The van der Waals surface area contributed by atoms with Crippen LogP contribution in [0, 0.1) is 0 Å². The Morgan fingerprint density at radius 1 is 1.25 bits per heavy atom. The van der Waals surface area contributed by atoms with Gasteiger partial charge in [-0.2, -0.15) is 0 Å². The summed E-state index contributed by atoms with van der Waals surface area (Å²) in [6.45, 7) is 2.71. The first kappa shape index (κ1) is 27.8. The Morgan fingerprint density at radius 2 is 2.05 bits per heavy atom. The van der Waals surface area contributed by atoms with Crippen LogP contribution in [0.2, 0.25) is 5.02 Å². The molecule has 4 heterocycles. The number of aliphatic hydroxyl groups is 1. The molecule has 0 saturated carbocycles. The van der Waals surface area contributed by atoms with E-state index < -0.39 is 11.9 Å². The van der Waals surface area contributed by atoms with Crippen molar-refractivity contribution in [3.63, 3.8) is 0 Å². The topological polar surface area (TPSA) is 139 Å². The van der Waals surface area contributed by atoms with Crippen molar-refractivity contribution in [3.8, 4) is 17.1 Å². The lowest BCUT2D eigenvalue weighted by atomic mass is 10.0. The molecule has 5 rings (SSSR count). The molecule has 0 bridgehead atoms. The molecule has 2 aliphatic rings. The summed E-state index contributed by atoms with van der Waals surface area (Å²) < 4.78 is 10.5. The van der Waals surface area contributed by atoms with Crippen LogP contribution in [0.5, 0.6) is 5.88 Å². The van der Waals surface area contributed by atoms with Crippen molar-refractivity contribution in [1.82, 2.24) is 25.2 Å². The second-order valence-corrected chi connectivity index (χ2v) is 10.1. The van der Waals surface area contributed by atoms with Crippen LogP contribution in [0.1, 0.15) is 53.5 Å². The molecule has 0 unspecified atom stereocenters. The number of aromatic nitrogens is 3. The number of carbonyl (C=O) groups excluding carboxylic acids is 2. The SMILES string of the molecule is COc1cccc([C@@H](CO)NC(=O)CN2C(=O)c3cc(-c4nc(NC5CCOCC5)ncc4Cl)ccc3[C@H]2C)n1. The number of anilines is 1. The van der Waals surface area contributed by atoms with Crippen LogP contribution in [-0.2, 0) is 9.53 Å². The van der Waals surface area contributed by atoms with Crippen LogP contribution in [0.25, 0.3) is 11.3 Å². The number of methoxy groups -OCH3 is 1. The van der Waals surface area contributed by atoms with Crippen LogP contribution < -0.4 is 15.4 Å². The first-order valence-electron chi connectivity index (χ1n) is 13.1. The number of halogens is 1. The fraction of sp³-hybridized carbons (Fsp3) is 0.393. The number of amides is 2. The van der Waals surface area contributed by atoms with Gasteiger partial charge in [-0.05, 0) is 37.5 Å². The zero-order chi connectivity index (χ0) is 28.2. The molecule has 1 saturated heterocycles. The van der Waals surface area contributed by atoms with E-state index in [0.29, 0.717) is 52.6 Å². The van der Waals surface area contributed by atoms with Gasteiger partial charge in [0.15, 0.2) is 0 Å². The molecule has 3 N–H and O–H groups in total. The molecule has 2 aliphatic heterocycles. The highest BCUT2D eigenvalue weighted by Crippen LogP contribution is 2.37. The second kappa shape index (κ2) is 12.2. The third kappa shape index (κ3) is 5.86. The van der Waals surface area contributed by atoms with Crippen molar-refractivity contribution in [1.29, 1.82) is 0 Å². The molecule has 0 radical (unpaired) electrons. The summed E-state index contributed by atoms with van der Waals surface area (Å²) in [6, 6.07) is 9.74. The highest BCUT2D eigenvalue weighted by atomic mass is 35.5. The molecule has 0 spiro atoms. The Balaban J connectivity index is 1.30. The fourth-order valence-corrected chi connectivity index (χ4v) is 5.17. The first-order chi connectivity index (χ1) is 19.4. The lowest BCUT2D eigenvalue weighted by Crippen LogP contribution is -2.41. The number of ether oxygens (including phenoxy) is 2. The Morgan fingerprint density at radius 3 is 2.80 bits per heavy atom. The minimum absolute atomic E-state index is 0.183. The van der Waals surface area contributed by atoms with Crippen molar-refractivity contribution in [2.75, 3.05) is 38.8 Å². The zero-order valence-corrected chi connectivity index (χ0v) is 23.0. The molecule has 2 atom stereocenters. The normalized spacial score (nSPS) is 17.9. The average Bonchev–Trinajstić information content (AvgIpc) is 3.21. The van der Waals surface area contributed by atoms with Crippen LogP contribution in [-0.4, -0.2) is 76.3 Å². The molecule has 1 fully saturated rings. The summed E-state index contributed by atoms with van der Waals surface area (Å²) in [5.41, 5.74) is 2.94. The third-order valence-corrected chi connectivity index (χ3v) is 7.45. The number of aliphatic hydroxyl groups excluding tert-OH is 1. The minimum atomic E-state index is -0.742. The monoisotopic (exact) mass is 566 g/mol. The van der Waals surface area contributed by atoms with Crippen LogP contribution in [0.15, 0.2) is 42.6 Å². The van der Waals surface area contributed by atoms with Crippen LogP contribution in [0.3, 0.4) is 0 Å². The number of fused-ring (bicyclic) bond motifs is 1. The van der Waals surface area contributed by atoms with Gasteiger partial charge < -0.3 is 30.1 Å². The van der Waals surface area contributed by atoms with E-state index in [1.807, 2.05) is 19.1 Å². The molecule has 11 nitrogen and oxygen atoms in total. The fourth-order valence-electron chi connectivity index (χ4n) is 4.97. The van der Waals surface area contributed by atoms with Gasteiger partial charge in [0.05, 0.1) is 48.4 Å². The number of rotatable bonds is 9. The Labute approximate surface area is 236 Å². The van der Waals surface area contributed by atoms with E-state index >= 15 is 0 Å². The summed E-state index contributed by atoms with van der Waals surface area (Å²) in [5.74, 6) is 0.147. The number of hydrogen-bond donors (Lipinski definition) is 3. The van der Waals surface area contributed by atoms with Crippen molar-refractivity contribution < 1.29 is 24.2 Å². The largest absolute Gasteiger partial charge is 0.481 e. The molecular formula is C28H31ClN6O5. The van der Waals surface area contributed by atoms with E-state index in [0.717, 1.165) is 18.4 Å². The van der Waals surface area contributed by atoms with Gasteiger partial charge in [-0.1, -0.05) is 29.8 Å². The van der Waals surface area contributed by atoms with E-state index in [-0.39, 0.29) is 31.1 Å². The number of nitrogens with one attached hydrogen (secondary N) is 2. The number of benzene rings is 1. The zero-order valence-electron chi connectivity index (χ0n) is 22.3. The molecule has 210 valence electrons. The number of nitrogens with zero attached hydrogens (tertiary/aromatic N) is 4. The first-order valence-corrected chi connectivity index (χ1v) is 13.5. The molecule has 1 aromatic carbocycles. The van der Waals surface area contributed by atoms with Crippen molar-refractivity contribution in [3.05, 3.63) is 64.4 Å². The summed E-state index contributed by atoms with van der Waals surface area (Å²) in [7, 11) is 1.49. The molecule has 2 amide bonds. The predicted octanol–water partition coefficient (Wildman–Crippen LogP) is 3.16. The van der Waals surface area contributed by atoms with E-state index in [1.54, 1.807) is 30.5 Å². The van der Waals surface area contributed by atoms with Crippen molar-refractivity contribution in [2.24, 2.45) is 0 Å². The molecule has 2 aromatic heterocycles. The van der Waals surface area contributed by atoms with E-state index in [9.17, 15) is 14.7 Å². The van der Waals surface area contributed by atoms with Gasteiger partial charge in [0.25, 0.3) is 5.91 Å². The van der Waals surface area contributed by atoms with Gasteiger partial charge in [0.1, 0.15) is 6.54 Å². The quantitative estimate of drug-likeness (QED) is 0.356. The Hall–Kier alpha value is -3.80. The van der Waals surface area contributed by atoms with Gasteiger partial charge in [-0.25, -0.2) is 15.0 Å². The Bertz CT molecular complexity index is 1400. The lowest BCUT2D eigenvalue weighted by Gasteiger charge is -2.23. The lowest BCUT2D eigenvalue weighted by molar-refractivity contribution is -0.123. The molecule has 12 heteroatoms. The van der Waals surface area contributed by atoms with Gasteiger partial charge in [-0.15, -0.1) is 0 Å². The van der Waals surface area contributed by atoms with Crippen LogP contribution >= 0.6 is 11.6 Å². The third-order valence-electron chi connectivity index (χ3n) is 7.18. The van der Waals surface area contributed by atoms with Gasteiger partial charge >= 0.3 is 0 Å². The summed E-state index contributed by atoms with van der Waals surface area (Å²) in [5, 5.41) is 16.3. The van der Waals surface area contributed by atoms with Crippen molar-refractivity contribution in [2.45, 2.75) is 37.9 Å². The minimum Gasteiger partial charge on any atom is -0.481 e. The van der Waals surface area contributed by atoms with E-state index in [2.05, 4.69) is 25.6 Å². The number of pyridine rings is 1. The number of hydrogen-bond acceptors (Lipinski definition) is 9. The highest BCUT2D eigenvalue weighted by molar-refractivity contribution is 6.33. The molecular weight excluding hydrogens is 536 g/mol. The van der Waals surface area contributed by atoms with E-state index in [1.165, 1.54) is 12.0 Å². The maximum Gasteiger partial charge on any atom is 0.255 e. The molecule has 0 aliphatic carbocycles. The predicted molar refractivity (Wildman–Crippen MR) is 148 cm³/mol. The highest BCUT2D eigenvalue weighted by Gasteiger charge is 2.36.